The van der Waals surface area contributed by atoms with Crippen molar-refractivity contribution in [2.75, 3.05) is 11.9 Å². The first-order chi connectivity index (χ1) is 16.9. The van der Waals surface area contributed by atoms with Crippen molar-refractivity contribution >= 4 is 45.2 Å². The van der Waals surface area contributed by atoms with Gasteiger partial charge in [0.25, 0.3) is 0 Å². The fraction of sp³-hybridized carbons (Fsp3) is 0.385. The quantitative estimate of drug-likeness (QED) is 0.552. The molecule has 2 aromatic heterocycles. The molecule has 9 heteroatoms. The Morgan fingerprint density at radius 1 is 1.31 bits per heavy atom. The number of nitrogens with one attached hydrogen (secondary N) is 1. The SMILES string of the molecule is CC(C)[C@@H]1Nc2nc(cs2)CC/C=C/c2ccc3ccnc(c3c2)O[C@@H]2C[C@@H](C(=O)O)N(C2)C1=O. The van der Waals surface area contributed by atoms with Gasteiger partial charge in [0.05, 0.1) is 12.2 Å². The molecule has 1 aromatic carbocycles. The topological polar surface area (TPSA) is 105 Å². The van der Waals surface area contributed by atoms with Gasteiger partial charge in [0, 0.05) is 23.4 Å². The molecule has 1 fully saturated rings. The van der Waals surface area contributed by atoms with Crippen molar-refractivity contribution in [3.05, 3.63) is 53.2 Å². The number of aromatic nitrogens is 2. The lowest BCUT2D eigenvalue weighted by Gasteiger charge is -2.29. The van der Waals surface area contributed by atoms with Gasteiger partial charge in [0.2, 0.25) is 11.8 Å². The number of carbonyl (C=O) groups excluding carboxylic acids is 1. The lowest BCUT2D eigenvalue weighted by atomic mass is 10.0. The summed E-state index contributed by atoms with van der Waals surface area (Å²) in [5, 5.41) is 17.7. The van der Waals surface area contributed by atoms with Gasteiger partial charge in [0.15, 0.2) is 5.13 Å². The zero-order valence-electron chi connectivity index (χ0n) is 19.7. The Kier molecular flexibility index (Phi) is 6.42. The molecule has 4 heterocycles. The monoisotopic (exact) mass is 492 g/mol. The third-order valence-corrected chi connectivity index (χ3v) is 7.33. The van der Waals surface area contributed by atoms with Gasteiger partial charge in [-0.2, -0.15) is 0 Å². The normalized spacial score (nSPS) is 23.6. The minimum Gasteiger partial charge on any atom is -0.480 e. The van der Waals surface area contributed by atoms with E-state index in [1.165, 1.54) is 16.2 Å². The summed E-state index contributed by atoms with van der Waals surface area (Å²) in [6, 6.07) is 6.48. The fourth-order valence-electron chi connectivity index (χ4n) is 4.64. The summed E-state index contributed by atoms with van der Waals surface area (Å²) < 4.78 is 6.24. The van der Waals surface area contributed by atoms with Crippen LogP contribution in [0.4, 0.5) is 5.13 Å². The summed E-state index contributed by atoms with van der Waals surface area (Å²) in [4.78, 5) is 36.2. The smallest absolute Gasteiger partial charge is 0.326 e. The molecule has 1 amide bonds. The van der Waals surface area contributed by atoms with Crippen LogP contribution in [-0.2, 0) is 16.0 Å². The van der Waals surface area contributed by atoms with Crippen LogP contribution in [0.3, 0.4) is 0 Å². The Morgan fingerprint density at radius 3 is 2.97 bits per heavy atom. The number of rotatable bonds is 2. The van der Waals surface area contributed by atoms with Crippen molar-refractivity contribution in [2.24, 2.45) is 5.92 Å². The van der Waals surface area contributed by atoms with Crippen LogP contribution in [0.2, 0.25) is 0 Å². The number of allylic oxidation sites excluding steroid dienone is 1. The van der Waals surface area contributed by atoms with Crippen molar-refractivity contribution in [3.8, 4) is 5.88 Å². The highest BCUT2D eigenvalue weighted by molar-refractivity contribution is 7.13. The minimum absolute atomic E-state index is 0.0593. The second-order valence-corrected chi connectivity index (χ2v) is 10.2. The van der Waals surface area contributed by atoms with Crippen molar-refractivity contribution in [1.29, 1.82) is 0 Å². The predicted octanol–water partition coefficient (Wildman–Crippen LogP) is 4.22. The Labute approximate surface area is 207 Å². The number of thiazole rings is 1. The summed E-state index contributed by atoms with van der Waals surface area (Å²) in [7, 11) is 0. The van der Waals surface area contributed by atoms with E-state index in [4.69, 9.17) is 4.74 Å². The van der Waals surface area contributed by atoms with Gasteiger partial charge in [-0.05, 0) is 41.8 Å². The summed E-state index contributed by atoms with van der Waals surface area (Å²) in [6.07, 6.45) is 7.23. The van der Waals surface area contributed by atoms with Gasteiger partial charge in [-0.25, -0.2) is 14.8 Å². The maximum Gasteiger partial charge on any atom is 0.326 e. The highest BCUT2D eigenvalue weighted by Gasteiger charge is 2.43. The van der Waals surface area contributed by atoms with Crippen LogP contribution in [-0.4, -0.2) is 56.6 Å². The number of hydrogen-bond donors (Lipinski definition) is 2. The van der Waals surface area contributed by atoms with E-state index in [0.29, 0.717) is 11.0 Å². The number of pyridine rings is 1. The minimum atomic E-state index is -1.03. The zero-order valence-corrected chi connectivity index (χ0v) is 20.5. The number of aliphatic carboxylic acids is 1. The van der Waals surface area contributed by atoms with Gasteiger partial charge in [-0.1, -0.05) is 38.1 Å². The van der Waals surface area contributed by atoms with Crippen LogP contribution in [0, 0.1) is 5.92 Å². The largest absolute Gasteiger partial charge is 0.480 e. The number of anilines is 1. The fourth-order valence-corrected chi connectivity index (χ4v) is 5.42. The van der Waals surface area contributed by atoms with Crippen molar-refractivity contribution in [2.45, 2.75) is 51.3 Å². The van der Waals surface area contributed by atoms with Gasteiger partial charge in [-0.3, -0.25) is 4.79 Å². The Morgan fingerprint density at radius 2 is 2.17 bits per heavy atom. The lowest BCUT2D eigenvalue weighted by Crippen LogP contribution is -2.50. The average molecular weight is 493 g/mol. The first kappa shape index (κ1) is 23.3. The molecule has 182 valence electrons. The molecule has 1 saturated heterocycles. The maximum absolute atomic E-state index is 13.6. The average Bonchev–Trinajstić information content (AvgIpc) is 3.46. The molecule has 0 spiro atoms. The van der Waals surface area contributed by atoms with Crippen LogP contribution in [0.25, 0.3) is 16.8 Å². The van der Waals surface area contributed by atoms with E-state index in [9.17, 15) is 14.7 Å². The van der Waals surface area contributed by atoms with E-state index in [1.54, 1.807) is 6.20 Å². The molecule has 0 unspecified atom stereocenters. The van der Waals surface area contributed by atoms with E-state index in [0.717, 1.165) is 34.9 Å². The van der Waals surface area contributed by atoms with Crippen LogP contribution in [0.1, 0.15) is 37.9 Å². The molecule has 2 N–H and O–H groups in total. The van der Waals surface area contributed by atoms with Crippen LogP contribution >= 0.6 is 11.3 Å². The molecule has 8 nitrogen and oxygen atoms in total. The predicted molar refractivity (Wildman–Crippen MR) is 136 cm³/mol. The van der Waals surface area contributed by atoms with Crippen molar-refractivity contribution < 1.29 is 19.4 Å². The summed E-state index contributed by atoms with van der Waals surface area (Å²) >= 11 is 1.46. The number of carboxylic acids is 1. The third kappa shape index (κ3) is 4.86. The summed E-state index contributed by atoms with van der Waals surface area (Å²) in [5.41, 5.74) is 1.99. The number of carbonyl (C=O) groups is 2. The third-order valence-electron chi connectivity index (χ3n) is 6.50. The first-order valence-electron chi connectivity index (χ1n) is 11.8. The van der Waals surface area contributed by atoms with Gasteiger partial charge >= 0.3 is 5.97 Å². The van der Waals surface area contributed by atoms with Crippen LogP contribution in [0.15, 0.2) is 41.9 Å². The van der Waals surface area contributed by atoms with E-state index in [2.05, 4.69) is 27.4 Å². The Bertz CT molecular complexity index is 1290. The molecule has 2 aliphatic rings. The summed E-state index contributed by atoms with van der Waals surface area (Å²) in [6.45, 7) is 4.07. The number of ether oxygens (including phenoxy) is 1. The molecule has 35 heavy (non-hydrogen) atoms. The standard InChI is InChI=1S/C26H28N4O4S/c1-15(2)22-24(31)30-13-19(12-21(30)25(32)33)34-23-20-11-16(7-8-17(20)9-10-27-23)5-3-4-6-18-14-35-26(28-18)29-22/h3,5,7-11,14-15,19,21-22H,4,6,12-13H2,1-2H3,(H,28,29)(H,32,33)/b5-3+/t19-,21+,22+/m1/s1. The number of hydrogen-bond acceptors (Lipinski definition) is 7. The van der Waals surface area contributed by atoms with E-state index < -0.39 is 24.2 Å². The van der Waals surface area contributed by atoms with E-state index in [1.807, 2.05) is 43.5 Å². The number of benzene rings is 1. The zero-order chi connectivity index (χ0) is 24.5. The molecule has 6 bridgehead atoms. The lowest BCUT2D eigenvalue weighted by molar-refractivity contribution is -0.148. The molecular formula is C26H28N4O4S. The number of fused-ring (bicyclic) bond motifs is 5. The second kappa shape index (κ2) is 9.65. The second-order valence-electron chi connectivity index (χ2n) is 9.37. The number of amides is 1. The van der Waals surface area contributed by atoms with E-state index in [-0.39, 0.29) is 24.8 Å². The molecule has 2 aliphatic heterocycles. The van der Waals surface area contributed by atoms with E-state index >= 15 is 0 Å². The Hall–Kier alpha value is -3.46. The van der Waals surface area contributed by atoms with Crippen LogP contribution < -0.4 is 10.1 Å². The maximum atomic E-state index is 13.6. The molecule has 5 rings (SSSR count). The number of nitrogens with zero attached hydrogens (tertiary/aromatic N) is 3. The van der Waals surface area contributed by atoms with Crippen LogP contribution in [0.5, 0.6) is 5.88 Å². The molecule has 3 aromatic rings. The van der Waals surface area contributed by atoms with Crippen molar-refractivity contribution in [1.82, 2.24) is 14.9 Å². The van der Waals surface area contributed by atoms with Gasteiger partial charge < -0.3 is 20.1 Å². The Balaban J connectivity index is 1.55. The summed E-state index contributed by atoms with van der Waals surface area (Å²) in [5.74, 6) is -0.897. The molecule has 0 aliphatic carbocycles. The van der Waals surface area contributed by atoms with Gasteiger partial charge in [-0.15, -0.1) is 11.3 Å². The highest BCUT2D eigenvalue weighted by atomic mass is 32.1. The molecule has 3 atom stereocenters. The molecular weight excluding hydrogens is 464 g/mol. The number of aryl methyl sites for hydroxylation is 1. The highest BCUT2D eigenvalue weighted by Crippen LogP contribution is 2.30. The van der Waals surface area contributed by atoms with Gasteiger partial charge in [0.1, 0.15) is 18.2 Å². The molecule has 0 radical (unpaired) electrons. The number of carboxylic acid groups (broad SMARTS) is 1. The molecule has 0 saturated carbocycles. The first-order valence-corrected chi connectivity index (χ1v) is 12.7. The van der Waals surface area contributed by atoms with Crippen molar-refractivity contribution in [3.63, 3.8) is 0 Å².